The number of rotatable bonds is 4. The molecule has 1 aromatic carbocycles. The first-order chi connectivity index (χ1) is 8.61. The van der Waals surface area contributed by atoms with Crippen LogP contribution in [0.5, 0.6) is 0 Å². The zero-order valence-electron chi connectivity index (χ0n) is 10.6. The van der Waals surface area contributed by atoms with Crippen LogP contribution >= 0.6 is 0 Å². The van der Waals surface area contributed by atoms with E-state index in [0.29, 0.717) is 0 Å². The molecule has 0 aliphatic heterocycles. The molecule has 0 spiro atoms. The van der Waals surface area contributed by atoms with Gasteiger partial charge in [-0.3, -0.25) is 5.41 Å². The van der Waals surface area contributed by atoms with Crippen LogP contribution in [-0.4, -0.2) is 24.6 Å². The van der Waals surface area contributed by atoms with Crippen molar-refractivity contribution in [2.45, 2.75) is 26.1 Å². The van der Waals surface area contributed by atoms with Gasteiger partial charge in [0, 0.05) is 17.3 Å². The molecule has 106 valence electrons. The Labute approximate surface area is 108 Å². The van der Waals surface area contributed by atoms with Crippen LogP contribution in [0.2, 0.25) is 0 Å². The van der Waals surface area contributed by atoms with Crippen LogP contribution < -0.4 is 10.6 Å². The van der Waals surface area contributed by atoms with Crippen LogP contribution in [0.1, 0.15) is 19.4 Å². The zero-order chi connectivity index (χ0) is 14.8. The molecule has 0 bridgehead atoms. The largest absolute Gasteiger partial charge is 0.405 e. The summed E-state index contributed by atoms with van der Waals surface area (Å²) in [5.41, 5.74) is 5.35. The van der Waals surface area contributed by atoms with Gasteiger partial charge in [-0.1, -0.05) is 0 Å². The van der Waals surface area contributed by atoms with Gasteiger partial charge in [0.15, 0.2) is 0 Å². The topological polar surface area (TPSA) is 53.1 Å². The number of nitrogens with zero attached hydrogens (tertiary/aromatic N) is 1. The summed E-state index contributed by atoms with van der Waals surface area (Å²) in [5.74, 6) is -1.12. The predicted octanol–water partition coefficient (Wildman–Crippen LogP) is 2.89. The van der Waals surface area contributed by atoms with Crippen molar-refractivity contribution in [1.29, 1.82) is 5.41 Å². The van der Waals surface area contributed by atoms with E-state index in [2.05, 4.69) is 0 Å². The summed E-state index contributed by atoms with van der Waals surface area (Å²) in [4.78, 5) is 1.04. The van der Waals surface area contributed by atoms with Crippen molar-refractivity contribution in [3.05, 3.63) is 29.6 Å². The Morgan fingerprint density at radius 2 is 1.95 bits per heavy atom. The number of benzene rings is 1. The predicted molar refractivity (Wildman–Crippen MR) is 66.0 cm³/mol. The quantitative estimate of drug-likeness (QED) is 0.505. The fourth-order valence-electron chi connectivity index (χ4n) is 1.71. The molecule has 0 heterocycles. The lowest BCUT2D eigenvalue weighted by Gasteiger charge is -2.31. The summed E-state index contributed by atoms with van der Waals surface area (Å²) in [7, 11) is 0. The van der Waals surface area contributed by atoms with Crippen molar-refractivity contribution in [2.24, 2.45) is 5.73 Å². The van der Waals surface area contributed by atoms with Gasteiger partial charge in [-0.2, -0.15) is 13.2 Å². The molecule has 0 fully saturated rings. The number of anilines is 1. The third kappa shape index (κ3) is 4.11. The highest BCUT2D eigenvalue weighted by Crippen LogP contribution is 2.27. The first-order valence-corrected chi connectivity index (χ1v) is 5.59. The summed E-state index contributed by atoms with van der Waals surface area (Å²) < 4.78 is 50.8. The lowest BCUT2D eigenvalue weighted by Crippen LogP contribution is -2.40. The van der Waals surface area contributed by atoms with E-state index in [1.165, 1.54) is 6.07 Å². The molecule has 0 aromatic heterocycles. The third-order valence-corrected chi connectivity index (χ3v) is 2.53. The number of amidine groups is 1. The Morgan fingerprint density at radius 1 is 1.37 bits per heavy atom. The number of nitrogens with one attached hydrogen (secondary N) is 1. The molecular weight excluding hydrogens is 262 g/mol. The number of nitrogens with two attached hydrogens (primary N) is 1. The van der Waals surface area contributed by atoms with Crippen molar-refractivity contribution in [1.82, 2.24) is 0 Å². The molecule has 7 heteroatoms. The van der Waals surface area contributed by atoms with Crippen molar-refractivity contribution in [2.75, 3.05) is 11.4 Å². The SMILES string of the molecule is CC(C)N(CC(F)(F)F)c1ccc(F)cc1C(=N)N. The average molecular weight is 277 g/mol. The molecule has 0 saturated carbocycles. The van der Waals surface area contributed by atoms with Crippen molar-refractivity contribution >= 4 is 11.5 Å². The van der Waals surface area contributed by atoms with E-state index in [-0.39, 0.29) is 11.3 Å². The molecule has 0 atom stereocenters. The van der Waals surface area contributed by atoms with Gasteiger partial charge in [0.05, 0.1) is 0 Å². The van der Waals surface area contributed by atoms with E-state index in [1.807, 2.05) is 0 Å². The van der Waals surface area contributed by atoms with E-state index < -0.39 is 30.4 Å². The van der Waals surface area contributed by atoms with E-state index in [1.54, 1.807) is 13.8 Å². The Bertz CT molecular complexity index is 469. The molecule has 3 nitrogen and oxygen atoms in total. The Kier molecular flexibility index (Phi) is 4.39. The highest BCUT2D eigenvalue weighted by Gasteiger charge is 2.33. The molecule has 3 N–H and O–H groups in total. The number of hydrogen-bond donors (Lipinski definition) is 2. The molecule has 0 saturated heterocycles. The third-order valence-electron chi connectivity index (χ3n) is 2.53. The highest BCUT2D eigenvalue weighted by atomic mass is 19.4. The van der Waals surface area contributed by atoms with Crippen LogP contribution in [0.3, 0.4) is 0 Å². The van der Waals surface area contributed by atoms with E-state index >= 15 is 0 Å². The lowest BCUT2D eigenvalue weighted by molar-refractivity contribution is -0.120. The van der Waals surface area contributed by atoms with Crippen LogP contribution in [0.25, 0.3) is 0 Å². The maximum Gasteiger partial charge on any atom is 0.405 e. The zero-order valence-corrected chi connectivity index (χ0v) is 10.6. The maximum atomic E-state index is 13.1. The van der Waals surface area contributed by atoms with E-state index in [0.717, 1.165) is 17.0 Å². The number of nitrogen functional groups attached to an aromatic ring is 1. The minimum Gasteiger partial charge on any atom is -0.384 e. The number of alkyl halides is 3. The molecule has 19 heavy (non-hydrogen) atoms. The van der Waals surface area contributed by atoms with Gasteiger partial charge in [-0.15, -0.1) is 0 Å². The molecule has 1 rings (SSSR count). The Balaban J connectivity index is 3.27. The van der Waals surface area contributed by atoms with Gasteiger partial charge in [-0.05, 0) is 32.0 Å². The molecule has 1 aromatic rings. The highest BCUT2D eigenvalue weighted by molar-refractivity contribution is 6.00. The summed E-state index contributed by atoms with van der Waals surface area (Å²) >= 11 is 0. The second-order valence-electron chi connectivity index (χ2n) is 4.41. The molecule has 0 aliphatic rings. The van der Waals surface area contributed by atoms with Gasteiger partial charge in [0.1, 0.15) is 18.2 Å². The van der Waals surface area contributed by atoms with Crippen LogP contribution in [0, 0.1) is 11.2 Å². The summed E-state index contributed by atoms with van der Waals surface area (Å²) in [5, 5.41) is 7.34. The summed E-state index contributed by atoms with van der Waals surface area (Å²) in [6.07, 6.45) is -4.40. The van der Waals surface area contributed by atoms with Crippen LogP contribution in [0.4, 0.5) is 23.2 Å². The Morgan fingerprint density at radius 3 is 2.37 bits per heavy atom. The molecule has 0 unspecified atom stereocenters. The van der Waals surface area contributed by atoms with Gasteiger partial charge >= 0.3 is 6.18 Å². The van der Waals surface area contributed by atoms with Gasteiger partial charge in [-0.25, -0.2) is 4.39 Å². The van der Waals surface area contributed by atoms with Crippen molar-refractivity contribution in [3.63, 3.8) is 0 Å². The monoisotopic (exact) mass is 277 g/mol. The van der Waals surface area contributed by atoms with Gasteiger partial charge in [0.2, 0.25) is 0 Å². The standard InChI is InChI=1S/C12H15F4N3/c1-7(2)19(6-12(14,15)16)10-4-3-8(13)5-9(10)11(17)18/h3-5,7H,6H2,1-2H3,(H3,17,18). The first-order valence-electron chi connectivity index (χ1n) is 5.59. The van der Waals surface area contributed by atoms with Crippen molar-refractivity contribution < 1.29 is 17.6 Å². The minimum atomic E-state index is -4.40. The smallest absolute Gasteiger partial charge is 0.384 e. The van der Waals surface area contributed by atoms with Crippen LogP contribution in [-0.2, 0) is 0 Å². The van der Waals surface area contributed by atoms with Gasteiger partial charge in [0.25, 0.3) is 0 Å². The maximum absolute atomic E-state index is 13.1. The molecular formula is C12H15F4N3. The lowest BCUT2D eigenvalue weighted by atomic mass is 10.1. The average Bonchev–Trinajstić information content (AvgIpc) is 2.24. The second-order valence-corrected chi connectivity index (χ2v) is 4.41. The number of hydrogen-bond acceptors (Lipinski definition) is 2. The summed E-state index contributed by atoms with van der Waals surface area (Å²) in [6, 6.07) is 2.75. The minimum absolute atomic E-state index is 0.0436. The second kappa shape index (κ2) is 5.46. The molecule has 0 aliphatic carbocycles. The fraction of sp³-hybridized carbons (Fsp3) is 0.417. The Hall–Kier alpha value is -1.79. The van der Waals surface area contributed by atoms with Crippen molar-refractivity contribution in [3.8, 4) is 0 Å². The van der Waals surface area contributed by atoms with Gasteiger partial charge < -0.3 is 10.6 Å². The number of halogens is 4. The summed E-state index contributed by atoms with van der Waals surface area (Å²) in [6.45, 7) is 1.98. The first kappa shape index (κ1) is 15.3. The molecule has 0 radical (unpaired) electrons. The fourth-order valence-corrected chi connectivity index (χ4v) is 1.71. The van der Waals surface area contributed by atoms with E-state index in [4.69, 9.17) is 11.1 Å². The normalized spacial score (nSPS) is 11.7. The molecule has 0 amide bonds. The van der Waals surface area contributed by atoms with Crippen LogP contribution in [0.15, 0.2) is 18.2 Å². The van der Waals surface area contributed by atoms with E-state index in [9.17, 15) is 17.6 Å².